The Hall–Kier alpha value is -2.64. The maximum absolute atomic E-state index is 12.3. The number of aromatic carboxylic acids is 1. The molecule has 0 fully saturated rings. The quantitative estimate of drug-likeness (QED) is 0.749. The fraction of sp³-hybridized carbons (Fsp3) is 0.0625. The molecule has 7 heteroatoms. The van der Waals surface area contributed by atoms with Crippen LogP contribution < -0.4 is 4.72 Å². The minimum absolute atomic E-state index is 0.0410. The Bertz CT molecular complexity index is 925. The number of carboxylic acids is 1. The molecule has 1 heterocycles. The van der Waals surface area contributed by atoms with E-state index in [-0.39, 0.29) is 17.2 Å². The molecule has 0 atom stereocenters. The Balaban J connectivity index is 1.77. The highest BCUT2D eigenvalue weighted by atomic mass is 32.2. The molecule has 0 saturated heterocycles. The molecule has 0 unspecified atom stereocenters. The highest BCUT2D eigenvalue weighted by Crippen LogP contribution is 2.22. The lowest BCUT2D eigenvalue weighted by molar-refractivity contribution is 0.0697. The summed E-state index contributed by atoms with van der Waals surface area (Å²) >= 11 is 0. The van der Waals surface area contributed by atoms with Crippen LogP contribution in [0.3, 0.4) is 0 Å². The molecule has 0 aliphatic carbocycles. The van der Waals surface area contributed by atoms with Gasteiger partial charge in [0.2, 0.25) is 5.09 Å². The average molecular weight is 331 g/mol. The topological polar surface area (TPSA) is 96.6 Å². The number of para-hydroxylation sites is 1. The van der Waals surface area contributed by atoms with E-state index < -0.39 is 16.0 Å². The number of sulfonamides is 1. The lowest BCUT2D eigenvalue weighted by Crippen LogP contribution is -2.22. The van der Waals surface area contributed by atoms with Crippen LogP contribution in [0.4, 0.5) is 0 Å². The van der Waals surface area contributed by atoms with Crippen LogP contribution in [0, 0.1) is 0 Å². The summed E-state index contributed by atoms with van der Waals surface area (Å²) in [4.78, 5) is 10.8. The molecule has 3 aromatic rings. The minimum atomic E-state index is -3.78. The fourth-order valence-electron chi connectivity index (χ4n) is 2.10. The van der Waals surface area contributed by atoms with Gasteiger partial charge in [0.05, 0.1) is 5.56 Å². The molecule has 0 amide bonds. The maximum Gasteiger partial charge on any atom is 0.335 e. The van der Waals surface area contributed by atoms with Crippen molar-refractivity contribution in [1.29, 1.82) is 0 Å². The van der Waals surface area contributed by atoms with E-state index in [4.69, 9.17) is 9.52 Å². The summed E-state index contributed by atoms with van der Waals surface area (Å²) in [6, 6.07) is 14.5. The van der Waals surface area contributed by atoms with Crippen LogP contribution in [0.1, 0.15) is 15.9 Å². The number of carboxylic acid groups (broad SMARTS) is 1. The Morgan fingerprint density at radius 2 is 1.78 bits per heavy atom. The predicted octanol–water partition coefficient (Wildman–Crippen LogP) is 2.61. The van der Waals surface area contributed by atoms with Gasteiger partial charge in [0, 0.05) is 18.0 Å². The largest absolute Gasteiger partial charge is 0.478 e. The van der Waals surface area contributed by atoms with Crippen LogP contribution in [0.5, 0.6) is 0 Å². The molecule has 0 radical (unpaired) electrons. The molecule has 0 spiro atoms. The van der Waals surface area contributed by atoms with Crippen molar-refractivity contribution < 1.29 is 22.7 Å². The van der Waals surface area contributed by atoms with Crippen molar-refractivity contribution in [3.63, 3.8) is 0 Å². The van der Waals surface area contributed by atoms with E-state index in [2.05, 4.69) is 4.72 Å². The molecule has 0 bridgehead atoms. The number of fused-ring (bicyclic) bond motifs is 1. The van der Waals surface area contributed by atoms with Crippen LogP contribution in [0.25, 0.3) is 11.0 Å². The third-order valence-electron chi connectivity index (χ3n) is 3.33. The van der Waals surface area contributed by atoms with Crippen molar-refractivity contribution in [1.82, 2.24) is 4.72 Å². The first-order chi connectivity index (χ1) is 11.0. The number of furan rings is 1. The molecule has 3 rings (SSSR count). The van der Waals surface area contributed by atoms with Crippen LogP contribution >= 0.6 is 0 Å². The van der Waals surface area contributed by atoms with E-state index >= 15 is 0 Å². The lowest BCUT2D eigenvalue weighted by Gasteiger charge is -2.04. The van der Waals surface area contributed by atoms with Gasteiger partial charge >= 0.3 is 5.97 Å². The van der Waals surface area contributed by atoms with Gasteiger partial charge in [-0.05, 0) is 23.8 Å². The smallest absolute Gasteiger partial charge is 0.335 e. The summed E-state index contributed by atoms with van der Waals surface area (Å²) in [5.41, 5.74) is 1.29. The van der Waals surface area contributed by atoms with Crippen molar-refractivity contribution >= 4 is 27.0 Å². The molecule has 0 aliphatic heterocycles. The molecule has 2 aromatic carbocycles. The predicted molar refractivity (Wildman–Crippen MR) is 83.6 cm³/mol. The van der Waals surface area contributed by atoms with Gasteiger partial charge in [-0.25, -0.2) is 17.9 Å². The zero-order chi connectivity index (χ0) is 16.4. The summed E-state index contributed by atoms with van der Waals surface area (Å²) in [6.45, 7) is 0.0410. The van der Waals surface area contributed by atoms with Crippen molar-refractivity contribution in [2.24, 2.45) is 0 Å². The fourth-order valence-corrected chi connectivity index (χ4v) is 3.09. The second-order valence-electron chi connectivity index (χ2n) is 4.93. The summed E-state index contributed by atoms with van der Waals surface area (Å²) in [5, 5.41) is 9.38. The third-order valence-corrected chi connectivity index (χ3v) is 4.59. The van der Waals surface area contributed by atoms with Gasteiger partial charge in [-0.3, -0.25) is 0 Å². The van der Waals surface area contributed by atoms with Crippen molar-refractivity contribution in [2.75, 3.05) is 0 Å². The average Bonchev–Trinajstić information content (AvgIpc) is 2.98. The van der Waals surface area contributed by atoms with Gasteiger partial charge in [0.1, 0.15) is 5.58 Å². The van der Waals surface area contributed by atoms with Crippen LogP contribution in [0.15, 0.2) is 64.1 Å². The summed E-state index contributed by atoms with van der Waals surface area (Å²) in [5.74, 6) is -1.03. The number of hydrogen-bond donors (Lipinski definition) is 2. The zero-order valence-corrected chi connectivity index (χ0v) is 12.7. The molecule has 1 aromatic heterocycles. The van der Waals surface area contributed by atoms with Crippen molar-refractivity contribution in [2.45, 2.75) is 11.6 Å². The normalized spacial score (nSPS) is 11.7. The van der Waals surface area contributed by atoms with E-state index in [1.54, 1.807) is 36.4 Å². The lowest BCUT2D eigenvalue weighted by atomic mass is 10.1. The van der Waals surface area contributed by atoms with Crippen LogP contribution in [-0.4, -0.2) is 19.5 Å². The van der Waals surface area contributed by atoms with Crippen molar-refractivity contribution in [3.8, 4) is 0 Å². The second kappa shape index (κ2) is 5.86. The number of benzene rings is 2. The molecular weight excluding hydrogens is 318 g/mol. The number of nitrogens with one attached hydrogen (secondary N) is 1. The van der Waals surface area contributed by atoms with Crippen molar-refractivity contribution in [3.05, 3.63) is 65.7 Å². The summed E-state index contributed by atoms with van der Waals surface area (Å²) in [6.07, 6.45) is 0. The van der Waals surface area contributed by atoms with Crippen LogP contribution in [0.2, 0.25) is 0 Å². The van der Waals surface area contributed by atoms with E-state index in [0.717, 1.165) is 0 Å². The molecular formula is C16H13NO5S. The molecule has 0 saturated carbocycles. The molecule has 2 N–H and O–H groups in total. The number of carbonyl (C=O) groups is 1. The standard InChI is InChI=1S/C16H13NO5S/c18-16(19)12-7-5-11(6-8-12)10-17-23(20,21)15-9-13-3-1-2-4-14(13)22-15/h1-9,17H,10H2,(H,18,19). The highest BCUT2D eigenvalue weighted by Gasteiger charge is 2.19. The molecule has 0 aliphatic rings. The molecule has 6 nitrogen and oxygen atoms in total. The SMILES string of the molecule is O=C(O)c1ccc(CNS(=O)(=O)c2cc3ccccc3o2)cc1. The summed E-state index contributed by atoms with van der Waals surface area (Å²) < 4.78 is 32.3. The minimum Gasteiger partial charge on any atom is -0.478 e. The van der Waals surface area contributed by atoms with Gasteiger partial charge in [-0.2, -0.15) is 0 Å². The number of hydrogen-bond acceptors (Lipinski definition) is 4. The zero-order valence-electron chi connectivity index (χ0n) is 11.9. The number of rotatable bonds is 5. The van der Waals surface area contributed by atoms with Gasteiger partial charge in [-0.1, -0.05) is 30.3 Å². The first-order valence-electron chi connectivity index (χ1n) is 6.76. The maximum atomic E-state index is 12.3. The first kappa shape index (κ1) is 15.3. The Kier molecular flexibility index (Phi) is 3.89. The van der Waals surface area contributed by atoms with Gasteiger partial charge in [0.25, 0.3) is 10.0 Å². The Labute approximate surface area is 132 Å². The van der Waals surface area contributed by atoms with Gasteiger partial charge in [-0.15, -0.1) is 0 Å². The van der Waals surface area contributed by atoms with E-state index in [1.807, 2.05) is 0 Å². The van der Waals surface area contributed by atoms with Crippen LogP contribution in [-0.2, 0) is 16.6 Å². The Morgan fingerprint density at radius 1 is 1.09 bits per heavy atom. The van der Waals surface area contributed by atoms with E-state index in [9.17, 15) is 13.2 Å². The summed E-state index contributed by atoms with van der Waals surface area (Å²) in [7, 11) is -3.78. The molecule has 118 valence electrons. The van der Waals surface area contributed by atoms with Gasteiger partial charge < -0.3 is 9.52 Å². The van der Waals surface area contributed by atoms with E-state index in [1.165, 1.54) is 18.2 Å². The monoisotopic (exact) mass is 331 g/mol. The first-order valence-corrected chi connectivity index (χ1v) is 8.24. The Morgan fingerprint density at radius 3 is 2.43 bits per heavy atom. The molecule has 23 heavy (non-hydrogen) atoms. The highest BCUT2D eigenvalue weighted by molar-refractivity contribution is 7.89. The van der Waals surface area contributed by atoms with Gasteiger partial charge in [0.15, 0.2) is 0 Å². The van der Waals surface area contributed by atoms with E-state index in [0.29, 0.717) is 16.5 Å². The second-order valence-corrected chi connectivity index (χ2v) is 6.63. The third kappa shape index (κ3) is 3.25.